The number of benzene rings is 2. The fraction of sp³-hybridized carbons (Fsp3) is 0.364. The van der Waals surface area contributed by atoms with E-state index >= 15 is 0 Å². The molecule has 6 nitrogen and oxygen atoms in total. The average Bonchev–Trinajstić information content (AvgIpc) is 2.76. The smallest absolute Gasteiger partial charge is 0.319 e. The molecule has 172 valence electrons. The molecule has 2 aromatic carbocycles. The Morgan fingerprint density at radius 2 is 1.16 bits per heavy atom. The molecule has 4 amide bonds. The second kappa shape index (κ2) is 10.8. The van der Waals surface area contributed by atoms with Crippen molar-refractivity contribution in [3.63, 3.8) is 0 Å². The summed E-state index contributed by atoms with van der Waals surface area (Å²) in [4.78, 5) is 24.0. The van der Waals surface area contributed by atoms with E-state index in [-0.39, 0.29) is 23.2 Å². The largest absolute Gasteiger partial charge is 0.338 e. The van der Waals surface area contributed by atoms with Gasteiger partial charge in [0.25, 0.3) is 0 Å². The minimum atomic E-state index is -1.04. The number of urea groups is 2. The summed E-state index contributed by atoms with van der Waals surface area (Å²) in [6.07, 6.45) is 3.57. The van der Waals surface area contributed by atoms with Gasteiger partial charge in [0.2, 0.25) is 0 Å². The van der Waals surface area contributed by atoms with Gasteiger partial charge in [-0.05, 0) is 55.4 Å². The zero-order chi connectivity index (χ0) is 23.1. The molecule has 2 aromatic rings. The van der Waals surface area contributed by atoms with E-state index in [1.165, 1.54) is 12.1 Å². The number of anilines is 2. The predicted octanol–water partition coefficient (Wildman–Crippen LogP) is 4.99. The Hall–Kier alpha value is -3.30. The third-order valence-electron chi connectivity index (χ3n) is 5.35. The highest BCUT2D eigenvalue weighted by Gasteiger charge is 2.23. The van der Waals surface area contributed by atoms with E-state index in [9.17, 15) is 27.2 Å². The fourth-order valence-corrected chi connectivity index (χ4v) is 3.75. The van der Waals surface area contributed by atoms with Gasteiger partial charge in [-0.2, -0.15) is 0 Å². The molecule has 3 rings (SSSR count). The van der Waals surface area contributed by atoms with Gasteiger partial charge < -0.3 is 21.3 Å². The maximum absolute atomic E-state index is 13.2. The number of carbonyl (C=O) groups is 2. The summed E-state index contributed by atoms with van der Waals surface area (Å²) in [7, 11) is 0. The minimum Gasteiger partial charge on any atom is -0.338 e. The van der Waals surface area contributed by atoms with Crippen LogP contribution in [0.15, 0.2) is 36.4 Å². The summed E-state index contributed by atoms with van der Waals surface area (Å²) in [5.41, 5.74) is 0.304. The highest BCUT2D eigenvalue weighted by molar-refractivity contribution is 5.89. The van der Waals surface area contributed by atoms with Crippen molar-refractivity contribution in [2.45, 2.75) is 25.7 Å². The standard InChI is InChI=1S/C22H24F4N4O2/c23-17-6-4-15(9-19(17)25)29-21(31)27-11-13-2-1-3-14(8-13)12-28-22(32)30-16-5-7-18(24)20(26)10-16/h4-7,9-10,13-14H,1-3,8,11-12H2,(H2,27,29,31)(H2,28,30,32)/t13-,14-/m1/s1. The third kappa shape index (κ3) is 6.86. The highest BCUT2D eigenvalue weighted by Crippen LogP contribution is 2.28. The zero-order valence-electron chi connectivity index (χ0n) is 17.2. The van der Waals surface area contributed by atoms with Crippen molar-refractivity contribution in [1.29, 1.82) is 0 Å². The summed E-state index contributed by atoms with van der Waals surface area (Å²) >= 11 is 0. The minimum absolute atomic E-state index is 0.152. The lowest BCUT2D eigenvalue weighted by Crippen LogP contribution is -2.38. The van der Waals surface area contributed by atoms with Crippen LogP contribution in [0.25, 0.3) is 0 Å². The first-order valence-corrected chi connectivity index (χ1v) is 10.3. The third-order valence-corrected chi connectivity index (χ3v) is 5.35. The lowest BCUT2D eigenvalue weighted by atomic mass is 9.81. The van der Waals surface area contributed by atoms with Crippen LogP contribution in [0.1, 0.15) is 25.7 Å². The van der Waals surface area contributed by atoms with E-state index in [4.69, 9.17) is 0 Å². The Labute approximate surface area is 182 Å². The van der Waals surface area contributed by atoms with Crippen LogP contribution in [0, 0.1) is 35.1 Å². The first-order valence-electron chi connectivity index (χ1n) is 10.3. The molecule has 32 heavy (non-hydrogen) atoms. The molecular weight excluding hydrogens is 428 g/mol. The van der Waals surface area contributed by atoms with Crippen molar-refractivity contribution in [2.75, 3.05) is 23.7 Å². The van der Waals surface area contributed by atoms with Gasteiger partial charge >= 0.3 is 12.1 Å². The molecule has 10 heteroatoms. The molecule has 2 atom stereocenters. The van der Waals surface area contributed by atoms with Crippen molar-refractivity contribution in [3.05, 3.63) is 59.7 Å². The second-order valence-electron chi connectivity index (χ2n) is 7.83. The van der Waals surface area contributed by atoms with Gasteiger partial charge in [-0.1, -0.05) is 6.42 Å². The molecule has 1 saturated carbocycles. The first-order chi connectivity index (χ1) is 15.3. The monoisotopic (exact) mass is 452 g/mol. The van der Waals surface area contributed by atoms with Crippen molar-refractivity contribution in [2.24, 2.45) is 11.8 Å². The number of amides is 4. The molecule has 0 aliphatic heterocycles. The Balaban J connectivity index is 1.38. The highest BCUT2D eigenvalue weighted by atomic mass is 19.2. The number of hydrogen-bond acceptors (Lipinski definition) is 2. The molecule has 1 aliphatic carbocycles. The molecule has 0 unspecified atom stereocenters. The van der Waals surface area contributed by atoms with Gasteiger partial charge in [0.1, 0.15) is 0 Å². The first kappa shape index (κ1) is 23.4. The molecule has 1 aliphatic rings. The average molecular weight is 452 g/mol. The van der Waals surface area contributed by atoms with Crippen molar-refractivity contribution >= 4 is 23.4 Å². The van der Waals surface area contributed by atoms with Gasteiger partial charge in [-0.25, -0.2) is 27.2 Å². The van der Waals surface area contributed by atoms with Crippen LogP contribution >= 0.6 is 0 Å². The Bertz CT molecular complexity index is 897. The van der Waals surface area contributed by atoms with Crippen LogP contribution in [0.3, 0.4) is 0 Å². The van der Waals surface area contributed by atoms with Crippen LogP contribution in [0.4, 0.5) is 38.5 Å². The maximum atomic E-state index is 13.2. The van der Waals surface area contributed by atoms with E-state index in [1.807, 2.05) is 0 Å². The quantitative estimate of drug-likeness (QED) is 0.466. The number of halogens is 4. The molecular formula is C22H24F4N4O2. The lowest BCUT2D eigenvalue weighted by Gasteiger charge is -2.29. The van der Waals surface area contributed by atoms with Crippen LogP contribution in [0.2, 0.25) is 0 Å². The topological polar surface area (TPSA) is 82.3 Å². The molecule has 0 radical (unpaired) electrons. The van der Waals surface area contributed by atoms with E-state index in [2.05, 4.69) is 21.3 Å². The van der Waals surface area contributed by atoms with E-state index in [0.717, 1.165) is 49.9 Å². The molecule has 0 bridgehead atoms. The van der Waals surface area contributed by atoms with Crippen LogP contribution < -0.4 is 21.3 Å². The van der Waals surface area contributed by atoms with Crippen LogP contribution in [-0.2, 0) is 0 Å². The number of rotatable bonds is 6. The van der Waals surface area contributed by atoms with Crippen LogP contribution in [-0.4, -0.2) is 25.2 Å². The van der Waals surface area contributed by atoms with Gasteiger partial charge in [0, 0.05) is 36.6 Å². The second-order valence-corrected chi connectivity index (χ2v) is 7.83. The normalized spacial score (nSPS) is 18.0. The summed E-state index contributed by atoms with van der Waals surface area (Å²) in [5.74, 6) is -3.65. The van der Waals surface area contributed by atoms with Gasteiger partial charge in [0.15, 0.2) is 23.3 Å². The molecule has 0 heterocycles. The Morgan fingerprint density at radius 1 is 0.719 bits per heavy atom. The zero-order valence-corrected chi connectivity index (χ0v) is 17.2. The predicted molar refractivity (Wildman–Crippen MR) is 112 cm³/mol. The van der Waals surface area contributed by atoms with E-state index in [0.29, 0.717) is 13.1 Å². The van der Waals surface area contributed by atoms with E-state index < -0.39 is 35.3 Å². The van der Waals surface area contributed by atoms with Crippen molar-refractivity contribution in [3.8, 4) is 0 Å². The summed E-state index contributed by atoms with van der Waals surface area (Å²) in [6.45, 7) is 0.820. The summed E-state index contributed by atoms with van der Waals surface area (Å²) in [5, 5.41) is 10.4. The Morgan fingerprint density at radius 3 is 1.56 bits per heavy atom. The maximum Gasteiger partial charge on any atom is 0.319 e. The summed E-state index contributed by atoms with van der Waals surface area (Å²) in [6, 6.07) is 5.20. The molecule has 0 aromatic heterocycles. The molecule has 4 N–H and O–H groups in total. The van der Waals surface area contributed by atoms with Crippen molar-refractivity contribution in [1.82, 2.24) is 10.6 Å². The lowest BCUT2D eigenvalue weighted by molar-refractivity contribution is 0.230. The molecule has 1 fully saturated rings. The van der Waals surface area contributed by atoms with Gasteiger partial charge in [-0.15, -0.1) is 0 Å². The number of hydrogen-bond donors (Lipinski definition) is 4. The van der Waals surface area contributed by atoms with E-state index in [1.54, 1.807) is 0 Å². The fourth-order valence-electron chi connectivity index (χ4n) is 3.75. The Kier molecular flexibility index (Phi) is 7.91. The van der Waals surface area contributed by atoms with Gasteiger partial charge in [0.05, 0.1) is 0 Å². The number of carbonyl (C=O) groups excluding carboxylic acids is 2. The molecule has 0 saturated heterocycles. The van der Waals surface area contributed by atoms with Crippen molar-refractivity contribution < 1.29 is 27.2 Å². The van der Waals surface area contributed by atoms with Crippen LogP contribution in [0.5, 0.6) is 0 Å². The molecule has 0 spiro atoms. The summed E-state index contributed by atoms with van der Waals surface area (Å²) < 4.78 is 52.4. The SMILES string of the molecule is O=C(NC[C@@H]1CCC[C@@H](CNC(=O)Nc2ccc(F)c(F)c2)C1)Nc1ccc(F)c(F)c1. The number of nitrogens with one attached hydrogen (secondary N) is 4. The van der Waals surface area contributed by atoms with Gasteiger partial charge in [-0.3, -0.25) is 0 Å².